The van der Waals surface area contributed by atoms with Gasteiger partial charge in [0.05, 0.1) is 13.2 Å². The second-order valence-electron chi connectivity index (χ2n) is 5.58. The minimum Gasteiger partial charge on any atom is -0.497 e. The zero-order valence-corrected chi connectivity index (χ0v) is 14.8. The van der Waals surface area contributed by atoms with Crippen molar-refractivity contribution < 1.29 is 9.84 Å². The number of nitrogens with one attached hydrogen (secondary N) is 2. The van der Waals surface area contributed by atoms with Gasteiger partial charge in [-0.25, -0.2) is 0 Å². The van der Waals surface area contributed by atoms with Crippen LogP contribution in [0.5, 0.6) is 5.75 Å². The van der Waals surface area contributed by atoms with E-state index in [9.17, 15) is 5.11 Å². The van der Waals surface area contributed by atoms with Crippen molar-refractivity contribution in [1.82, 2.24) is 10.6 Å². The van der Waals surface area contributed by atoms with E-state index in [2.05, 4.69) is 29.5 Å². The average molecular weight is 321 g/mol. The number of nitrogens with zero attached hydrogens (tertiary/aromatic N) is 1. The lowest BCUT2D eigenvalue weighted by Gasteiger charge is -2.17. The van der Waals surface area contributed by atoms with Gasteiger partial charge in [-0.05, 0) is 30.5 Å². The van der Waals surface area contributed by atoms with Gasteiger partial charge >= 0.3 is 0 Å². The molecule has 0 aliphatic rings. The van der Waals surface area contributed by atoms with Crippen molar-refractivity contribution in [2.24, 2.45) is 10.9 Å². The summed E-state index contributed by atoms with van der Waals surface area (Å²) in [5, 5.41) is 16.8. The van der Waals surface area contributed by atoms with Crippen LogP contribution < -0.4 is 15.4 Å². The van der Waals surface area contributed by atoms with Crippen LogP contribution >= 0.6 is 0 Å². The van der Waals surface area contributed by atoms with E-state index in [0.29, 0.717) is 12.5 Å². The third-order valence-corrected chi connectivity index (χ3v) is 3.95. The first-order valence-corrected chi connectivity index (χ1v) is 8.48. The second kappa shape index (κ2) is 10.9. The molecule has 130 valence electrons. The molecule has 1 aromatic rings. The molecule has 0 radical (unpaired) electrons. The number of aliphatic hydroxyl groups excluding tert-OH is 1. The summed E-state index contributed by atoms with van der Waals surface area (Å²) in [7, 11) is 1.62. The monoisotopic (exact) mass is 321 g/mol. The SMILES string of the molecule is CCNC(=NCC(CC)CC)NCC(O)c1cccc(OC)c1. The number of hydrogen-bond donors (Lipinski definition) is 3. The standard InChI is InChI=1S/C18H31N3O2/c1-5-14(6-2)12-20-18(19-7-3)21-13-17(22)15-9-8-10-16(11-15)23-4/h8-11,14,17,22H,5-7,12-13H2,1-4H3,(H2,19,20,21). The fourth-order valence-electron chi connectivity index (χ4n) is 2.27. The lowest BCUT2D eigenvalue weighted by Crippen LogP contribution is -2.39. The summed E-state index contributed by atoms with van der Waals surface area (Å²) >= 11 is 0. The normalized spacial score (nSPS) is 13.0. The van der Waals surface area contributed by atoms with Crippen molar-refractivity contribution in [3.05, 3.63) is 29.8 Å². The highest BCUT2D eigenvalue weighted by Gasteiger charge is 2.10. The highest BCUT2D eigenvalue weighted by Crippen LogP contribution is 2.18. The smallest absolute Gasteiger partial charge is 0.191 e. The Morgan fingerprint density at radius 1 is 1.22 bits per heavy atom. The van der Waals surface area contributed by atoms with Gasteiger partial charge in [-0.15, -0.1) is 0 Å². The summed E-state index contributed by atoms with van der Waals surface area (Å²) in [6, 6.07) is 7.48. The molecule has 0 saturated carbocycles. The van der Waals surface area contributed by atoms with Crippen LogP contribution in [0.3, 0.4) is 0 Å². The van der Waals surface area contributed by atoms with Gasteiger partial charge in [0, 0.05) is 19.6 Å². The summed E-state index contributed by atoms with van der Waals surface area (Å²) < 4.78 is 5.19. The first-order valence-electron chi connectivity index (χ1n) is 8.48. The van der Waals surface area contributed by atoms with Crippen molar-refractivity contribution >= 4 is 5.96 Å². The predicted octanol–water partition coefficient (Wildman–Crippen LogP) is 2.72. The molecule has 1 atom stereocenters. The van der Waals surface area contributed by atoms with E-state index in [0.717, 1.165) is 43.2 Å². The van der Waals surface area contributed by atoms with Gasteiger partial charge in [0.2, 0.25) is 0 Å². The topological polar surface area (TPSA) is 65.9 Å². The van der Waals surface area contributed by atoms with E-state index in [1.165, 1.54) is 0 Å². The average Bonchev–Trinajstić information content (AvgIpc) is 2.60. The molecule has 0 bridgehead atoms. The van der Waals surface area contributed by atoms with Crippen LogP contribution in [-0.4, -0.2) is 37.8 Å². The first-order chi connectivity index (χ1) is 11.1. The van der Waals surface area contributed by atoms with Gasteiger partial charge in [-0.2, -0.15) is 0 Å². The maximum atomic E-state index is 10.3. The molecule has 0 spiro atoms. The van der Waals surface area contributed by atoms with Gasteiger partial charge < -0.3 is 20.5 Å². The fraction of sp³-hybridized carbons (Fsp3) is 0.611. The van der Waals surface area contributed by atoms with Gasteiger partial charge in [-0.3, -0.25) is 4.99 Å². The number of ether oxygens (including phenoxy) is 1. The van der Waals surface area contributed by atoms with Gasteiger partial charge in [0.1, 0.15) is 5.75 Å². The fourth-order valence-corrected chi connectivity index (χ4v) is 2.27. The Bertz CT molecular complexity index is 473. The lowest BCUT2D eigenvalue weighted by atomic mass is 10.0. The highest BCUT2D eigenvalue weighted by molar-refractivity contribution is 5.79. The third-order valence-electron chi connectivity index (χ3n) is 3.95. The van der Waals surface area contributed by atoms with Crippen molar-refractivity contribution in [3.63, 3.8) is 0 Å². The number of aliphatic imine (C=N–C) groups is 1. The molecule has 0 saturated heterocycles. The van der Waals surface area contributed by atoms with E-state index in [-0.39, 0.29) is 0 Å². The largest absolute Gasteiger partial charge is 0.497 e. The second-order valence-corrected chi connectivity index (χ2v) is 5.58. The molecule has 5 nitrogen and oxygen atoms in total. The Morgan fingerprint density at radius 2 is 1.96 bits per heavy atom. The molecule has 0 fully saturated rings. The van der Waals surface area contributed by atoms with Crippen LogP contribution in [0, 0.1) is 5.92 Å². The quantitative estimate of drug-likeness (QED) is 0.483. The molecule has 0 amide bonds. The molecule has 23 heavy (non-hydrogen) atoms. The summed E-state index contributed by atoms with van der Waals surface area (Å²) in [5.41, 5.74) is 0.827. The highest BCUT2D eigenvalue weighted by atomic mass is 16.5. The Labute approximate surface area is 140 Å². The molecule has 0 aromatic heterocycles. The van der Waals surface area contributed by atoms with Crippen LogP contribution in [0.1, 0.15) is 45.3 Å². The minimum atomic E-state index is -0.609. The predicted molar refractivity (Wildman–Crippen MR) is 96.0 cm³/mol. The molecular weight excluding hydrogens is 290 g/mol. The van der Waals surface area contributed by atoms with Crippen LogP contribution in [0.25, 0.3) is 0 Å². The summed E-state index contributed by atoms with van der Waals surface area (Å²) in [6.07, 6.45) is 1.65. The van der Waals surface area contributed by atoms with E-state index < -0.39 is 6.10 Å². The van der Waals surface area contributed by atoms with Crippen LogP contribution in [0.15, 0.2) is 29.3 Å². The summed E-state index contributed by atoms with van der Waals surface area (Å²) in [6.45, 7) is 8.42. The molecule has 5 heteroatoms. The Balaban J connectivity index is 2.61. The third kappa shape index (κ3) is 6.91. The number of benzene rings is 1. The Hall–Kier alpha value is -1.75. The lowest BCUT2D eigenvalue weighted by molar-refractivity contribution is 0.180. The van der Waals surface area contributed by atoms with E-state index >= 15 is 0 Å². The number of rotatable bonds is 9. The summed E-state index contributed by atoms with van der Waals surface area (Å²) in [5.74, 6) is 2.10. The van der Waals surface area contributed by atoms with Crippen molar-refractivity contribution in [2.75, 3.05) is 26.7 Å². The van der Waals surface area contributed by atoms with Crippen molar-refractivity contribution in [2.45, 2.75) is 39.7 Å². The molecule has 0 heterocycles. The van der Waals surface area contributed by atoms with Crippen LogP contribution in [0.2, 0.25) is 0 Å². The molecular formula is C18H31N3O2. The van der Waals surface area contributed by atoms with Gasteiger partial charge in [0.15, 0.2) is 5.96 Å². The number of guanidine groups is 1. The maximum Gasteiger partial charge on any atom is 0.191 e. The molecule has 1 aromatic carbocycles. The zero-order chi connectivity index (χ0) is 17.1. The molecule has 1 unspecified atom stereocenters. The van der Waals surface area contributed by atoms with Gasteiger partial charge in [-0.1, -0.05) is 38.8 Å². The van der Waals surface area contributed by atoms with E-state index in [1.54, 1.807) is 7.11 Å². The van der Waals surface area contributed by atoms with Crippen LogP contribution in [0.4, 0.5) is 0 Å². The molecule has 3 N–H and O–H groups in total. The Morgan fingerprint density at radius 3 is 2.57 bits per heavy atom. The van der Waals surface area contributed by atoms with E-state index in [4.69, 9.17) is 4.74 Å². The molecule has 0 aliphatic heterocycles. The zero-order valence-electron chi connectivity index (χ0n) is 14.8. The number of aliphatic hydroxyl groups is 1. The maximum absolute atomic E-state index is 10.3. The van der Waals surface area contributed by atoms with Crippen molar-refractivity contribution in [1.29, 1.82) is 0 Å². The minimum absolute atomic E-state index is 0.405. The molecule has 1 rings (SSSR count). The number of methoxy groups -OCH3 is 1. The van der Waals surface area contributed by atoms with Crippen molar-refractivity contribution in [3.8, 4) is 5.75 Å². The first kappa shape index (κ1) is 19.3. The summed E-state index contributed by atoms with van der Waals surface area (Å²) in [4.78, 5) is 4.61. The van der Waals surface area contributed by atoms with Gasteiger partial charge in [0.25, 0.3) is 0 Å². The van der Waals surface area contributed by atoms with E-state index in [1.807, 2.05) is 31.2 Å². The van der Waals surface area contributed by atoms with Crippen LogP contribution in [-0.2, 0) is 0 Å². The molecule has 0 aliphatic carbocycles. The Kier molecular flexibility index (Phi) is 9.14. The number of hydrogen-bond acceptors (Lipinski definition) is 3.